The molecule has 1 fully saturated rings. The third-order valence-electron chi connectivity index (χ3n) is 4.30. The molecule has 0 aromatic heterocycles. The molecule has 4 nitrogen and oxygen atoms in total. The smallest absolute Gasteiger partial charge is 0.324 e. The van der Waals surface area contributed by atoms with Crippen molar-refractivity contribution >= 4 is 5.97 Å². The first-order valence-corrected chi connectivity index (χ1v) is 7.88. The number of hydrogen-bond acceptors (Lipinski definition) is 3. The molecule has 0 spiro atoms. The van der Waals surface area contributed by atoms with Gasteiger partial charge in [0.2, 0.25) is 0 Å². The van der Waals surface area contributed by atoms with Crippen LogP contribution in [0.25, 0.3) is 0 Å². The van der Waals surface area contributed by atoms with Crippen LogP contribution in [0.2, 0.25) is 0 Å². The van der Waals surface area contributed by atoms with E-state index in [9.17, 15) is 9.90 Å². The molecule has 118 valence electrons. The van der Waals surface area contributed by atoms with Crippen molar-refractivity contribution in [1.82, 2.24) is 5.32 Å². The van der Waals surface area contributed by atoms with Crippen molar-refractivity contribution in [3.8, 4) is 0 Å². The van der Waals surface area contributed by atoms with Crippen LogP contribution in [0.3, 0.4) is 0 Å². The summed E-state index contributed by atoms with van der Waals surface area (Å²) in [7, 11) is 0. The molecule has 20 heavy (non-hydrogen) atoms. The zero-order valence-electron chi connectivity index (χ0n) is 13.5. The summed E-state index contributed by atoms with van der Waals surface area (Å²) in [4.78, 5) is 11.6. The van der Waals surface area contributed by atoms with Crippen LogP contribution in [0, 0.1) is 11.3 Å². The van der Waals surface area contributed by atoms with Crippen LogP contribution in [0.1, 0.15) is 59.8 Å². The molecule has 2 atom stereocenters. The normalized spacial score (nSPS) is 26.9. The molecule has 0 heterocycles. The molecule has 0 radical (unpaired) electrons. The van der Waals surface area contributed by atoms with Crippen LogP contribution < -0.4 is 5.32 Å². The van der Waals surface area contributed by atoms with Gasteiger partial charge in [-0.05, 0) is 43.6 Å². The number of rotatable bonds is 8. The van der Waals surface area contributed by atoms with Gasteiger partial charge in [-0.1, -0.05) is 34.1 Å². The number of likely N-dealkylation sites (N-methyl/N-ethyl adjacent to an activating group) is 1. The molecule has 0 aromatic rings. The van der Waals surface area contributed by atoms with Crippen molar-refractivity contribution in [2.75, 3.05) is 19.8 Å². The number of carbonyl (C=O) groups is 1. The van der Waals surface area contributed by atoms with Gasteiger partial charge in [0.05, 0.1) is 0 Å². The summed E-state index contributed by atoms with van der Waals surface area (Å²) < 4.78 is 5.70. The Labute approximate surface area is 123 Å². The molecule has 0 saturated heterocycles. The van der Waals surface area contributed by atoms with Crippen molar-refractivity contribution in [1.29, 1.82) is 0 Å². The minimum Gasteiger partial charge on any atom is -0.480 e. The van der Waals surface area contributed by atoms with Gasteiger partial charge in [-0.25, -0.2) is 0 Å². The van der Waals surface area contributed by atoms with Gasteiger partial charge < -0.3 is 15.2 Å². The largest absolute Gasteiger partial charge is 0.480 e. The number of hydrogen-bond donors (Lipinski definition) is 2. The summed E-state index contributed by atoms with van der Waals surface area (Å²) in [6.07, 6.45) is 4.59. The van der Waals surface area contributed by atoms with Gasteiger partial charge in [0.25, 0.3) is 0 Å². The molecule has 0 aromatic carbocycles. The van der Waals surface area contributed by atoms with E-state index in [0.717, 1.165) is 38.7 Å². The Morgan fingerprint density at radius 1 is 1.40 bits per heavy atom. The third-order valence-corrected chi connectivity index (χ3v) is 4.30. The van der Waals surface area contributed by atoms with E-state index in [4.69, 9.17) is 4.74 Å². The van der Waals surface area contributed by atoms with Crippen LogP contribution in [-0.2, 0) is 9.53 Å². The minimum absolute atomic E-state index is 0.189. The first-order chi connectivity index (χ1) is 9.32. The number of ether oxygens (including phenoxy) is 1. The topological polar surface area (TPSA) is 58.6 Å². The Hall–Kier alpha value is -0.610. The number of carboxylic acids is 1. The number of nitrogens with one attached hydrogen (secondary N) is 1. The summed E-state index contributed by atoms with van der Waals surface area (Å²) in [6.45, 7) is 10.7. The Bertz CT molecular complexity index is 311. The standard InChI is InChI=1S/C16H31NO3/c1-5-17-16(14(18)19)9-6-7-13(16)8-11-20-12-10-15(2,3)4/h13,17H,5-12H2,1-4H3,(H,18,19). The van der Waals surface area contributed by atoms with Crippen molar-refractivity contribution in [3.05, 3.63) is 0 Å². The fourth-order valence-electron chi connectivity index (χ4n) is 3.08. The highest BCUT2D eigenvalue weighted by molar-refractivity contribution is 5.79. The summed E-state index contributed by atoms with van der Waals surface area (Å²) in [5.41, 5.74) is -0.427. The highest BCUT2D eigenvalue weighted by atomic mass is 16.5. The maximum Gasteiger partial charge on any atom is 0.324 e. The van der Waals surface area contributed by atoms with E-state index in [0.29, 0.717) is 18.6 Å². The van der Waals surface area contributed by atoms with Crippen molar-refractivity contribution in [3.63, 3.8) is 0 Å². The fraction of sp³-hybridized carbons (Fsp3) is 0.938. The van der Waals surface area contributed by atoms with Crippen molar-refractivity contribution in [2.45, 2.75) is 65.3 Å². The van der Waals surface area contributed by atoms with E-state index < -0.39 is 11.5 Å². The lowest BCUT2D eigenvalue weighted by atomic mass is 9.84. The molecule has 0 bridgehead atoms. The van der Waals surface area contributed by atoms with Gasteiger partial charge in [0, 0.05) is 13.2 Å². The first kappa shape index (κ1) is 17.4. The van der Waals surface area contributed by atoms with E-state index in [1.54, 1.807) is 0 Å². The van der Waals surface area contributed by atoms with E-state index >= 15 is 0 Å². The summed E-state index contributed by atoms with van der Waals surface area (Å²) in [5, 5.41) is 12.8. The summed E-state index contributed by atoms with van der Waals surface area (Å²) in [6, 6.07) is 0. The van der Waals surface area contributed by atoms with Gasteiger partial charge in [0.15, 0.2) is 0 Å². The molecule has 1 aliphatic carbocycles. The van der Waals surface area contributed by atoms with E-state index in [1.165, 1.54) is 0 Å². The quantitative estimate of drug-likeness (QED) is 0.673. The van der Waals surface area contributed by atoms with Gasteiger partial charge >= 0.3 is 5.97 Å². The van der Waals surface area contributed by atoms with Gasteiger partial charge in [-0.2, -0.15) is 0 Å². The average molecular weight is 285 g/mol. The monoisotopic (exact) mass is 285 g/mol. The molecular weight excluding hydrogens is 254 g/mol. The lowest BCUT2D eigenvalue weighted by Crippen LogP contribution is -2.54. The molecular formula is C16H31NO3. The first-order valence-electron chi connectivity index (χ1n) is 7.88. The molecule has 1 saturated carbocycles. The third kappa shape index (κ3) is 4.74. The van der Waals surface area contributed by atoms with Gasteiger partial charge in [-0.15, -0.1) is 0 Å². The molecule has 2 unspecified atom stereocenters. The van der Waals surface area contributed by atoms with Crippen LogP contribution in [-0.4, -0.2) is 36.4 Å². The van der Waals surface area contributed by atoms with Crippen molar-refractivity contribution in [2.24, 2.45) is 11.3 Å². The Kier molecular flexibility index (Phi) is 6.46. The number of carboxylic acid groups (broad SMARTS) is 1. The molecule has 2 N–H and O–H groups in total. The molecule has 1 aliphatic rings. The highest BCUT2D eigenvalue weighted by Crippen LogP contribution is 2.38. The van der Waals surface area contributed by atoms with Crippen LogP contribution in [0.15, 0.2) is 0 Å². The Morgan fingerprint density at radius 3 is 2.65 bits per heavy atom. The maximum absolute atomic E-state index is 11.6. The Balaban J connectivity index is 2.40. The van der Waals surface area contributed by atoms with E-state index in [1.807, 2.05) is 6.92 Å². The second kappa shape index (κ2) is 7.41. The average Bonchev–Trinajstić information content (AvgIpc) is 2.72. The predicted octanol–water partition coefficient (Wildman–Crippen LogP) is 3.06. The van der Waals surface area contributed by atoms with Crippen LogP contribution in [0.4, 0.5) is 0 Å². The maximum atomic E-state index is 11.6. The SMILES string of the molecule is CCNC1(C(=O)O)CCCC1CCOCCC(C)(C)C. The second-order valence-electron chi connectivity index (χ2n) is 7.11. The summed E-state index contributed by atoms with van der Waals surface area (Å²) in [5.74, 6) is -0.508. The second-order valence-corrected chi connectivity index (χ2v) is 7.11. The van der Waals surface area contributed by atoms with Gasteiger partial charge in [-0.3, -0.25) is 4.79 Å². The van der Waals surface area contributed by atoms with Crippen LogP contribution >= 0.6 is 0 Å². The van der Waals surface area contributed by atoms with Crippen molar-refractivity contribution < 1.29 is 14.6 Å². The number of aliphatic carboxylic acids is 1. The van der Waals surface area contributed by atoms with E-state index in [-0.39, 0.29) is 5.92 Å². The lowest BCUT2D eigenvalue weighted by Gasteiger charge is -2.32. The Morgan fingerprint density at radius 2 is 2.10 bits per heavy atom. The fourth-order valence-corrected chi connectivity index (χ4v) is 3.08. The van der Waals surface area contributed by atoms with Crippen LogP contribution in [0.5, 0.6) is 0 Å². The molecule has 1 rings (SSSR count). The van der Waals surface area contributed by atoms with Gasteiger partial charge in [0.1, 0.15) is 5.54 Å². The molecule has 0 aliphatic heterocycles. The predicted molar refractivity (Wildman–Crippen MR) is 80.9 cm³/mol. The highest BCUT2D eigenvalue weighted by Gasteiger charge is 2.48. The lowest BCUT2D eigenvalue weighted by molar-refractivity contribution is -0.146. The summed E-state index contributed by atoms with van der Waals surface area (Å²) >= 11 is 0. The van der Waals surface area contributed by atoms with E-state index in [2.05, 4.69) is 26.1 Å². The molecule has 0 amide bonds. The zero-order valence-corrected chi connectivity index (χ0v) is 13.5. The zero-order chi connectivity index (χ0) is 15.2. The minimum atomic E-state index is -0.720. The molecule has 4 heteroatoms.